The Hall–Kier alpha value is -3.10. The van der Waals surface area contributed by atoms with Gasteiger partial charge in [0.15, 0.2) is 0 Å². The number of rotatable bonds is 10. The average molecular weight is 469 g/mol. The Bertz CT molecular complexity index is 973. The number of thioether (sulfide) groups is 2. The predicted octanol–water partition coefficient (Wildman–Crippen LogP) is 4.75. The maximum absolute atomic E-state index is 12.2. The van der Waals surface area contributed by atoms with E-state index < -0.39 is 11.9 Å². The van der Waals surface area contributed by atoms with Gasteiger partial charge in [0.25, 0.3) is 0 Å². The van der Waals surface area contributed by atoms with Crippen LogP contribution in [0.1, 0.15) is 20.7 Å². The van der Waals surface area contributed by atoms with Crippen LogP contribution in [0.3, 0.4) is 0 Å². The highest BCUT2D eigenvalue weighted by atomic mass is 32.2. The van der Waals surface area contributed by atoms with Gasteiger partial charge in [-0.3, -0.25) is 0 Å². The molecule has 3 rings (SSSR count). The van der Waals surface area contributed by atoms with E-state index in [4.69, 9.17) is 20.9 Å². The zero-order valence-electron chi connectivity index (χ0n) is 17.4. The van der Waals surface area contributed by atoms with Gasteiger partial charge in [0.1, 0.15) is 13.2 Å². The first-order chi connectivity index (χ1) is 15.5. The molecule has 0 aromatic heterocycles. The molecule has 0 spiro atoms. The molecule has 0 unspecified atom stereocenters. The smallest absolute Gasteiger partial charge is 0.338 e. The van der Waals surface area contributed by atoms with Crippen LogP contribution in [-0.2, 0) is 9.47 Å². The molecule has 6 nitrogen and oxygen atoms in total. The van der Waals surface area contributed by atoms with Crippen molar-refractivity contribution in [3.05, 3.63) is 83.9 Å². The van der Waals surface area contributed by atoms with E-state index in [0.717, 1.165) is 9.79 Å². The average Bonchev–Trinajstić information content (AvgIpc) is 2.81. The van der Waals surface area contributed by atoms with Crippen molar-refractivity contribution in [3.8, 4) is 0 Å². The Morgan fingerprint density at radius 2 is 1.00 bits per heavy atom. The summed E-state index contributed by atoms with van der Waals surface area (Å²) < 4.78 is 10.6. The minimum atomic E-state index is -0.441. The molecule has 8 heteroatoms. The van der Waals surface area contributed by atoms with Gasteiger partial charge in [-0.15, -0.1) is 23.5 Å². The topological polar surface area (TPSA) is 105 Å². The minimum Gasteiger partial charge on any atom is -0.461 e. The van der Waals surface area contributed by atoms with E-state index in [1.165, 1.54) is 23.5 Å². The molecule has 0 aliphatic heterocycles. The quantitative estimate of drug-likeness (QED) is 0.190. The number of hydrogen-bond donors (Lipinski definition) is 2. The van der Waals surface area contributed by atoms with Crippen LogP contribution < -0.4 is 11.5 Å². The van der Waals surface area contributed by atoms with Crippen LogP contribution in [0.4, 0.5) is 11.4 Å². The van der Waals surface area contributed by atoms with Crippen molar-refractivity contribution in [1.82, 2.24) is 0 Å². The van der Waals surface area contributed by atoms with Crippen LogP contribution in [0.5, 0.6) is 0 Å². The molecule has 4 N–H and O–H groups in total. The fourth-order valence-electron chi connectivity index (χ4n) is 2.70. The highest BCUT2D eigenvalue weighted by Crippen LogP contribution is 2.25. The first-order valence-corrected chi connectivity index (χ1v) is 11.9. The predicted molar refractivity (Wildman–Crippen MR) is 130 cm³/mol. The number of benzene rings is 3. The van der Waals surface area contributed by atoms with Gasteiger partial charge in [-0.1, -0.05) is 24.3 Å². The van der Waals surface area contributed by atoms with Gasteiger partial charge in [-0.25, -0.2) is 9.59 Å². The molecule has 0 heterocycles. The third kappa shape index (κ3) is 6.96. The van der Waals surface area contributed by atoms with Gasteiger partial charge in [0, 0.05) is 32.7 Å². The largest absolute Gasteiger partial charge is 0.461 e. The zero-order chi connectivity index (χ0) is 22.8. The number of nitrogens with two attached hydrogens (primary N) is 2. The van der Waals surface area contributed by atoms with Crippen molar-refractivity contribution < 1.29 is 19.1 Å². The third-order valence-electron chi connectivity index (χ3n) is 4.34. The van der Waals surface area contributed by atoms with E-state index in [-0.39, 0.29) is 13.2 Å². The molecule has 0 aliphatic carbocycles. The molecule has 32 heavy (non-hydrogen) atoms. The van der Waals surface area contributed by atoms with Crippen LogP contribution in [-0.4, -0.2) is 36.7 Å². The number of nitrogen functional groups attached to an aromatic ring is 2. The molecule has 3 aromatic rings. The molecule has 0 atom stereocenters. The fraction of sp³-hybridized carbons (Fsp3) is 0.167. The summed E-state index contributed by atoms with van der Waals surface area (Å²) in [5, 5.41) is 0. The lowest BCUT2D eigenvalue weighted by Crippen LogP contribution is -2.10. The zero-order valence-corrected chi connectivity index (χ0v) is 19.0. The monoisotopic (exact) mass is 468 g/mol. The number of carbonyl (C=O) groups excluding carboxylic acids is 2. The fourth-order valence-corrected chi connectivity index (χ4v) is 4.30. The summed E-state index contributed by atoms with van der Waals surface area (Å²) in [4.78, 5) is 26.3. The van der Waals surface area contributed by atoms with Crippen LogP contribution in [0.15, 0.2) is 82.6 Å². The lowest BCUT2D eigenvalue weighted by molar-refractivity contribution is 0.0515. The van der Waals surface area contributed by atoms with E-state index in [9.17, 15) is 9.59 Å². The maximum Gasteiger partial charge on any atom is 0.338 e. The van der Waals surface area contributed by atoms with E-state index in [2.05, 4.69) is 0 Å². The molecule has 0 amide bonds. The summed E-state index contributed by atoms with van der Waals surface area (Å²) in [5.74, 6) is 0.306. The van der Waals surface area contributed by atoms with Crippen molar-refractivity contribution in [1.29, 1.82) is 0 Å². The summed E-state index contributed by atoms with van der Waals surface area (Å²) in [6, 6.07) is 21.3. The number of esters is 2. The van der Waals surface area contributed by atoms with Crippen molar-refractivity contribution in [3.63, 3.8) is 0 Å². The van der Waals surface area contributed by atoms with Gasteiger partial charge >= 0.3 is 11.9 Å². The third-order valence-corrected chi connectivity index (χ3v) is 6.45. The Morgan fingerprint density at radius 1 is 0.625 bits per heavy atom. The SMILES string of the molecule is Nc1ccccc1SCCOC(=O)c1ccc(C(=O)OCCSc2ccccc2N)cc1. The van der Waals surface area contributed by atoms with Crippen molar-refractivity contribution in [2.24, 2.45) is 0 Å². The number of para-hydroxylation sites is 2. The maximum atomic E-state index is 12.2. The summed E-state index contributed by atoms with van der Waals surface area (Å²) in [7, 11) is 0. The van der Waals surface area contributed by atoms with Gasteiger partial charge in [0.05, 0.1) is 11.1 Å². The molecule has 166 valence electrons. The van der Waals surface area contributed by atoms with Crippen molar-refractivity contribution in [2.75, 3.05) is 36.2 Å². The Balaban J connectivity index is 1.38. The van der Waals surface area contributed by atoms with Gasteiger partial charge in [-0.2, -0.15) is 0 Å². The van der Waals surface area contributed by atoms with Gasteiger partial charge in [-0.05, 0) is 48.5 Å². The Labute approximate surface area is 195 Å². The van der Waals surface area contributed by atoms with E-state index in [1.807, 2.05) is 48.5 Å². The second-order valence-electron chi connectivity index (χ2n) is 6.62. The highest BCUT2D eigenvalue weighted by molar-refractivity contribution is 7.99. The molecule has 0 radical (unpaired) electrons. The standard InChI is InChI=1S/C24H24N2O4S2/c25-19-5-1-3-7-21(19)31-15-13-29-23(27)17-9-11-18(12-10-17)24(28)30-14-16-32-22-8-4-2-6-20(22)26/h1-12H,13-16,25-26H2. The molecule has 0 aliphatic rings. The van der Waals surface area contributed by atoms with E-state index in [1.54, 1.807) is 24.3 Å². The van der Waals surface area contributed by atoms with E-state index >= 15 is 0 Å². The molecular weight excluding hydrogens is 444 g/mol. The number of carbonyl (C=O) groups is 2. The summed E-state index contributed by atoms with van der Waals surface area (Å²) >= 11 is 3.05. The lowest BCUT2D eigenvalue weighted by atomic mass is 10.1. The molecule has 0 saturated heterocycles. The lowest BCUT2D eigenvalue weighted by Gasteiger charge is -2.08. The Kier molecular flexibility index (Phi) is 8.89. The number of hydrogen-bond acceptors (Lipinski definition) is 8. The van der Waals surface area contributed by atoms with Crippen LogP contribution in [0, 0.1) is 0 Å². The normalized spacial score (nSPS) is 10.5. The first kappa shape index (κ1) is 23.6. The molecule has 0 fully saturated rings. The van der Waals surface area contributed by atoms with Crippen LogP contribution in [0.2, 0.25) is 0 Å². The van der Waals surface area contributed by atoms with Gasteiger partial charge in [0.2, 0.25) is 0 Å². The molecular formula is C24H24N2O4S2. The molecule has 0 bridgehead atoms. The van der Waals surface area contributed by atoms with Crippen LogP contribution in [0.25, 0.3) is 0 Å². The second kappa shape index (κ2) is 12.1. The van der Waals surface area contributed by atoms with Crippen molar-refractivity contribution in [2.45, 2.75) is 9.79 Å². The first-order valence-electron chi connectivity index (χ1n) is 9.93. The number of ether oxygens (including phenoxy) is 2. The summed E-state index contributed by atoms with van der Waals surface area (Å²) in [6.45, 7) is 0.510. The summed E-state index contributed by atoms with van der Waals surface area (Å²) in [6.07, 6.45) is 0. The van der Waals surface area contributed by atoms with Crippen molar-refractivity contribution >= 4 is 46.8 Å². The second-order valence-corrected chi connectivity index (χ2v) is 8.90. The van der Waals surface area contributed by atoms with Crippen LogP contribution >= 0.6 is 23.5 Å². The van der Waals surface area contributed by atoms with E-state index in [0.29, 0.717) is 34.0 Å². The minimum absolute atomic E-state index is 0.255. The highest BCUT2D eigenvalue weighted by Gasteiger charge is 2.11. The summed E-state index contributed by atoms with van der Waals surface area (Å²) in [5.41, 5.74) is 13.9. The Morgan fingerprint density at radius 3 is 1.38 bits per heavy atom. The molecule has 0 saturated carbocycles. The number of anilines is 2. The van der Waals surface area contributed by atoms with Gasteiger partial charge < -0.3 is 20.9 Å². The molecule has 3 aromatic carbocycles.